The maximum absolute atomic E-state index is 4.72. The van der Waals surface area contributed by atoms with Crippen molar-refractivity contribution in [1.82, 2.24) is 29.5 Å². The molecule has 0 aliphatic carbocycles. The third kappa shape index (κ3) is 39.8. The van der Waals surface area contributed by atoms with Crippen LogP contribution >= 0.6 is 34.0 Å². The summed E-state index contributed by atoms with van der Waals surface area (Å²) in [6.07, 6.45) is 12.1. The van der Waals surface area contributed by atoms with Crippen molar-refractivity contribution in [2.24, 2.45) is 7.05 Å². The summed E-state index contributed by atoms with van der Waals surface area (Å²) in [6, 6.07) is 0. The highest BCUT2D eigenvalue weighted by atomic mass is 32.1. The van der Waals surface area contributed by atoms with Crippen molar-refractivity contribution in [2.75, 3.05) is 0 Å². The van der Waals surface area contributed by atoms with Gasteiger partial charge in [0.2, 0.25) is 0 Å². The predicted octanol–water partition coefficient (Wildman–Crippen LogP) is 10.9. The molecule has 0 N–H and O–H groups in total. The molecule has 10 heteroatoms. The van der Waals surface area contributed by atoms with Gasteiger partial charge in [0.25, 0.3) is 0 Å². The highest BCUT2D eigenvalue weighted by Crippen LogP contribution is 2.00. The van der Waals surface area contributed by atoms with Crippen LogP contribution in [-0.4, -0.2) is 29.5 Å². The van der Waals surface area contributed by atoms with E-state index in [-0.39, 0.29) is 0 Å². The molecular formula is C30H56N6OS3. The second kappa shape index (κ2) is 43.4. The molecule has 0 spiro atoms. The van der Waals surface area contributed by atoms with Gasteiger partial charge in [0, 0.05) is 53.2 Å². The number of oxazole rings is 1. The lowest BCUT2D eigenvalue weighted by atomic mass is 10.6. The van der Waals surface area contributed by atoms with Crippen LogP contribution in [0.1, 0.15) is 90.6 Å². The van der Waals surface area contributed by atoms with E-state index < -0.39 is 0 Å². The smallest absolute Gasteiger partial charge is 0.180 e. The molecule has 5 aromatic heterocycles. The van der Waals surface area contributed by atoms with Gasteiger partial charge in [-0.05, 0) is 27.7 Å². The van der Waals surface area contributed by atoms with E-state index in [2.05, 4.69) is 24.9 Å². The lowest BCUT2D eigenvalue weighted by molar-refractivity contribution is 0.527. The number of aryl methyl sites for hydroxylation is 5. The standard InChI is InChI=1S/C4H6N2.C4H5NO.3C4H5NS.5C2H6/c1-6-3-2-5-4-6;1-4-2-5-3-6-4;1-4-2-6-3-5-4;1-4-2-5-3-6-4;1-4-5-2-3-6-4;5*1-2/h2-4H,1H3;4*2-3H,1H3;5*1-2H3. The zero-order valence-corrected chi connectivity index (χ0v) is 30.1. The molecule has 0 aliphatic heterocycles. The molecule has 0 fully saturated rings. The Labute approximate surface area is 257 Å². The van der Waals surface area contributed by atoms with Crippen molar-refractivity contribution >= 4 is 34.0 Å². The molecule has 0 bridgehead atoms. The monoisotopic (exact) mass is 612 g/mol. The molecule has 40 heavy (non-hydrogen) atoms. The summed E-state index contributed by atoms with van der Waals surface area (Å²) >= 11 is 4.96. The van der Waals surface area contributed by atoms with E-state index in [0.717, 1.165) is 16.5 Å². The second-order valence-electron chi connectivity index (χ2n) is 5.63. The van der Waals surface area contributed by atoms with Gasteiger partial charge in [-0.25, -0.2) is 9.97 Å². The SMILES string of the molecule is CC.CC.CC.CC.CC.Cc1cnco1.Cc1cncs1.Cc1cscn1.Cc1nccs1.Cn1ccnc1. The van der Waals surface area contributed by atoms with Crippen LogP contribution in [0.5, 0.6) is 0 Å². The molecule has 5 rings (SSSR count). The minimum atomic E-state index is 0.856. The van der Waals surface area contributed by atoms with E-state index in [0.29, 0.717) is 0 Å². The fourth-order valence-corrected chi connectivity index (χ4v) is 2.85. The first-order valence-corrected chi connectivity index (χ1v) is 16.5. The quantitative estimate of drug-likeness (QED) is 0.173. The largest absolute Gasteiger partial charge is 0.449 e. The summed E-state index contributed by atoms with van der Waals surface area (Å²) < 4.78 is 6.61. The van der Waals surface area contributed by atoms with Crippen molar-refractivity contribution in [3.05, 3.63) is 86.8 Å². The number of rotatable bonds is 0. The maximum atomic E-state index is 4.72. The average molecular weight is 613 g/mol. The summed E-state index contributed by atoms with van der Waals surface area (Å²) in [5.74, 6) is 0.856. The summed E-state index contributed by atoms with van der Waals surface area (Å²) in [4.78, 5) is 20.4. The van der Waals surface area contributed by atoms with Crippen LogP contribution in [0.15, 0.2) is 69.9 Å². The molecular weight excluding hydrogens is 557 g/mol. The Morgan fingerprint density at radius 3 is 1.45 bits per heavy atom. The average Bonchev–Trinajstić information content (AvgIpc) is 3.86. The van der Waals surface area contributed by atoms with Crippen LogP contribution in [0, 0.1) is 27.7 Å². The first-order chi connectivity index (χ1) is 19.5. The molecule has 7 nitrogen and oxygen atoms in total. The fraction of sp³-hybridized carbons (Fsp3) is 0.500. The number of hydrogen-bond donors (Lipinski definition) is 0. The zero-order valence-electron chi connectivity index (χ0n) is 27.7. The molecule has 0 unspecified atom stereocenters. The molecule has 5 aromatic rings. The highest BCUT2D eigenvalue weighted by molar-refractivity contribution is 7.09. The summed E-state index contributed by atoms with van der Waals surface area (Å²) in [7, 11) is 1.94. The van der Waals surface area contributed by atoms with Gasteiger partial charge < -0.3 is 8.98 Å². The Hall–Kier alpha value is -2.69. The Bertz CT molecular complexity index is 751. The molecule has 0 saturated carbocycles. The Morgan fingerprint density at radius 1 is 0.700 bits per heavy atom. The topological polar surface area (TPSA) is 82.5 Å². The van der Waals surface area contributed by atoms with Gasteiger partial charge in [-0.2, -0.15) is 0 Å². The number of aromatic nitrogens is 6. The van der Waals surface area contributed by atoms with Crippen LogP contribution in [0.4, 0.5) is 0 Å². The first-order valence-electron chi connectivity index (χ1n) is 13.8. The van der Waals surface area contributed by atoms with E-state index in [1.54, 1.807) is 58.9 Å². The Balaban J connectivity index is -0.000000118. The molecule has 0 aromatic carbocycles. The fourth-order valence-electron chi connectivity index (χ4n) is 1.45. The molecule has 0 radical (unpaired) electrons. The summed E-state index contributed by atoms with van der Waals surface area (Å²) in [6.45, 7) is 27.9. The van der Waals surface area contributed by atoms with Gasteiger partial charge in [0.15, 0.2) is 6.39 Å². The van der Waals surface area contributed by atoms with Crippen molar-refractivity contribution in [1.29, 1.82) is 0 Å². The molecule has 0 saturated heterocycles. The normalized spacial score (nSPS) is 7.38. The molecule has 0 amide bonds. The van der Waals surface area contributed by atoms with E-state index >= 15 is 0 Å². The first kappa shape index (κ1) is 47.1. The van der Waals surface area contributed by atoms with Gasteiger partial charge in [-0.1, -0.05) is 69.2 Å². The predicted molar refractivity (Wildman–Crippen MR) is 182 cm³/mol. The van der Waals surface area contributed by atoms with Crippen LogP contribution < -0.4 is 0 Å². The number of imidazole rings is 1. The van der Waals surface area contributed by atoms with E-state index in [1.165, 1.54) is 11.3 Å². The van der Waals surface area contributed by atoms with Crippen LogP contribution in [-0.2, 0) is 7.05 Å². The van der Waals surface area contributed by atoms with E-state index in [4.69, 9.17) is 4.42 Å². The van der Waals surface area contributed by atoms with Gasteiger partial charge in [-0.3, -0.25) is 15.0 Å². The van der Waals surface area contributed by atoms with E-state index in [9.17, 15) is 0 Å². The summed E-state index contributed by atoms with van der Waals surface area (Å²) in [5, 5.41) is 5.12. The maximum Gasteiger partial charge on any atom is 0.180 e. The third-order valence-corrected chi connectivity index (χ3v) is 4.97. The zero-order chi connectivity index (χ0) is 32.0. The van der Waals surface area contributed by atoms with Gasteiger partial charge in [-0.15, -0.1) is 34.0 Å². The molecule has 0 atom stereocenters. The second-order valence-corrected chi connectivity index (χ2v) is 8.54. The lowest BCUT2D eigenvalue weighted by Crippen LogP contribution is -1.76. The molecule has 230 valence electrons. The number of nitrogens with zero attached hydrogens (tertiary/aromatic N) is 6. The van der Waals surface area contributed by atoms with Crippen LogP contribution in [0.25, 0.3) is 0 Å². The van der Waals surface area contributed by atoms with Crippen LogP contribution in [0.3, 0.4) is 0 Å². The van der Waals surface area contributed by atoms with E-state index in [1.807, 2.05) is 143 Å². The highest BCUT2D eigenvalue weighted by Gasteiger charge is 1.78. The van der Waals surface area contributed by atoms with Gasteiger partial charge >= 0.3 is 0 Å². The Kier molecular flexibility index (Phi) is 51.1. The molecule has 5 heterocycles. The van der Waals surface area contributed by atoms with Crippen molar-refractivity contribution < 1.29 is 4.42 Å². The van der Waals surface area contributed by atoms with Crippen molar-refractivity contribution in [2.45, 2.75) is 96.9 Å². The number of hydrogen-bond acceptors (Lipinski definition) is 9. The van der Waals surface area contributed by atoms with Crippen molar-refractivity contribution in [3.63, 3.8) is 0 Å². The van der Waals surface area contributed by atoms with Crippen LogP contribution in [0.2, 0.25) is 0 Å². The minimum Gasteiger partial charge on any atom is -0.449 e. The Morgan fingerprint density at radius 2 is 1.32 bits per heavy atom. The van der Waals surface area contributed by atoms with Crippen molar-refractivity contribution in [3.8, 4) is 0 Å². The lowest BCUT2D eigenvalue weighted by Gasteiger charge is -1.76. The van der Waals surface area contributed by atoms with Gasteiger partial charge in [0.1, 0.15) is 5.76 Å². The van der Waals surface area contributed by atoms with Gasteiger partial charge in [0.05, 0.1) is 28.6 Å². The molecule has 0 aliphatic rings. The minimum absolute atomic E-state index is 0.856. The number of thiazole rings is 3. The third-order valence-electron chi connectivity index (χ3n) is 2.86. The summed E-state index contributed by atoms with van der Waals surface area (Å²) in [5.41, 5.74) is 4.77.